The molecule has 2 N–H and O–H groups in total. The van der Waals surface area contributed by atoms with Crippen LogP contribution in [0.25, 0.3) is 22.3 Å². The first-order valence-corrected chi connectivity index (χ1v) is 10.1. The van der Waals surface area contributed by atoms with E-state index >= 15 is 0 Å². The van der Waals surface area contributed by atoms with Crippen LogP contribution in [0.4, 0.5) is 17.2 Å². The fraction of sp³-hybridized carbons (Fsp3) is 0.167. The number of fused-ring (bicyclic) bond motifs is 1. The Labute approximate surface area is 190 Å². The molecule has 0 bridgehead atoms. The second kappa shape index (κ2) is 9.39. The fourth-order valence-electron chi connectivity index (χ4n) is 3.29. The number of rotatable bonds is 7. The molecule has 0 atom stereocenters. The van der Waals surface area contributed by atoms with Crippen molar-refractivity contribution in [2.24, 2.45) is 0 Å². The van der Waals surface area contributed by atoms with E-state index in [1.54, 1.807) is 39.7 Å². The summed E-state index contributed by atoms with van der Waals surface area (Å²) in [5.74, 6) is 2.57. The van der Waals surface area contributed by atoms with Crippen LogP contribution in [0.3, 0.4) is 0 Å². The Morgan fingerprint density at radius 2 is 1.55 bits per heavy atom. The average Bonchev–Trinajstić information content (AvgIpc) is 2.84. The van der Waals surface area contributed by atoms with Crippen LogP contribution in [-0.2, 0) is 4.79 Å². The van der Waals surface area contributed by atoms with Crippen LogP contribution in [0.15, 0.2) is 54.7 Å². The predicted molar refractivity (Wildman–Crippen MR) is 126 cm³/mol. The van der Waals surface area contributed by atoms with Crippen molar-refractivity contribution < 1.29 is 19.0 Å². The third-order valence-corrected chi connectivity index (χ3v) is 4.87. The Balaban J connectivity index is 1.81. The van der Waals surface area contributed by atoms with Gasteiger partial charge in [-0.25, -0.2) is 15.0 Å². The quantitative estimate of drug-likeness (QED) is 0.430. The van der Waals surface area contributed by atoms with E-state index < -0.39 is 0 Å². The van der Waals surface area contributed by atoms with E-state index in [9.17, 15) is 4.79 Å². The van der Waals surface area contributed by atoms with Crippen LogP contribution in [0.2, 0.25) is 0 Å². The van der Waals surface area contributed by atoms with E-state index in [1.165, 1.54) is 6.92 Å². The molecule has 0 aliphatic carbocycles. The van der Waals surface area contributed by atoms with Crippen molar-refractivity contribution in [3.63, 3.8) is 0 Å². The molecule has 0 saturated carbocycles. The van der Waals surface area contributed by atoms with Gasteiger partial charge in [-0.1, -0.05) is 0 Å². The zero-order chi connectivity index (χ0) is 23.4. The van der Waals surface area contributed by atoms with Gasteiger partial charge < -0.3 is 24.8 Å². The molecule has 33 heavy (non-hydrogen) atoms. The van der Waals surface area contributed by atoms with Gasteiger partial charge in [0.05, 0.1) is 26.8 Å². The van der Waals surface area contributed by atoms with Crippen LogP contribution in [0.5, 0.6) is 17.4 Å². The Bertz CT molecular complexity index is 1290. The molecule has 1 amide bonds. The summed E-state index contributed by atoms with van der Waals surface area (Å²) in [4.78, 5) is 25.0. The first kappa shape index (κ1) is 21.8. The van der Waals surface area contributed by atoms with Crippen LogP contribution < -0.4 is 24.8 Å². The number of carbonyl (C=O) groups is 1. The van der Waals surface area contributed by atoms with Crippen molar-refractivity contribution in [1.82, 2.24) is 15.0 Å². The summed E-state index contributed by atoms with van der Waals surface area (Å²) in [6.45, 7) is 1.47. The zero-order valence-corrected chi connectivity index (χ0v) is 18.7. The third kappa shape index (κ3) is 4.77. The highest BCUT2D eigenvalue weighted by molar-refractivity contribution is 5.95. The largest absolute Gasteiger partial charge is 0.493 e. The average molecular weight is 445 g/mol. The fourth-order valence-corrected chi connectivity index (χ4v) is 3.29. The van der Waals surface area contributed by atoms with E-state index in [0.29, 0.717) is 40.2 Å². The maximum atomic E-state index is 11.3. The van der Waals surface area contributed by atoms with Crippen molar-refractivity contribution in [3.05, 3.63) is 54.7 Å². The summed E-state index contributed by atoms with van der Waals surface area (Å²) < 4.78 is 16.1. The second-order valence-corrected chi connectivity index (χ2v) is 7.09. The highest BCUT2D eigenvalue weighted by atomic mass is 16.5. The smallest absolute Gasteiger partial charge is 0.221 e. The Morgan fingerprint density at radius 3 is 2.15 bits per heavy atom. The maximum Gasteiger partial charge on any atom is 0.221 e. The number of aromatic nitrogens is 3. The SMILES string of the molecule is COc1ccc(-c2nc(Nc3ccc(NC(C)=O)cc3)c3cc(OC)c(OC)cc3n2)cn1. The van der Waals surface area contributed by atoms with E-state index in [0.717, 1.165) is 16.6 Å². The lowest BCUT2D eigenvalue weighted by molar-refractivity contribution is -0.114. The molecular weight excluding hydrogens is 422 g/mol. The maximum absolute atomic E-state index is 11.3. The van der Waals surface area contributed by atoms with Gasteiger partial charge in [-0.15, -0.1) is 0 Å². The van der Waals surface area contributed by atoms with Crippen LogP contribution in [0, 0.1) is 0 Å². The first-order valence-electron chi connectivity index (χ1n) is 10.1. The highest BCUT2D eigenvalue weighted by Gasteiger charge is 2.15. The van der Waals surface area contributed by atoms with Gasteiger partial charge >= 0.3 is 0 Å². The number of anilines is 3. The minimum atomic E-state index is -0.128. The van der Waals surface area contributed by atoms with E-state index in [-0.39, 0.29) is 5.91 Å². The molecule has 4 rings (SSSR count). The Morgan fingerprint density at radius 1 is 0.848 bits per heavy atom. The van der Waals surface area contributed by atoms with Crippen molar-refractivity contribution in [2.45, 2.75) is 6.92 Å². The molecule has 0 radical (unpaired) electrons. The summed E-state index contributed by atoms with van der Waals surface area (Å²) in [7, 11) is 4.72. The molecule has 0 aliphatic rings. The Kier molecular flexibility index (Phi) is 6.21. The van der Waals surface area contributed by atoms with Gasteiger partial charge in [-0.3, -0.25) is 4.79 Å². The lowest BCUT2D eigenvalue weighted by atomic mass is 10.1. The molecule has 0 saturated heterocycles. The predicted octanol–water partition coefficient (Wildman–Crippen LogP) is 4.42. The monoisotopic (exact) mass is 445 g/mol. The summed E-state index contributed by atoms with van der Waals surface area (Å²) in [6.07, 6.45) is 1.66. The molecule has 2 aromatic heterocycles. The number of hydrogen-bond donors (Lipinski definition) is 2. The zero-order valence-electron chi connectivity index (χ0n) is 18.7. The minimum Gasteiger partial charge on any atom is -0.493 e. The number of pyridine rings is 1. The number of methoxy groups -OCH3 is 3. The van der Waals surface area contributed by atoms with Gasteiger partial charge in [-0.2, -0.15) is 0 Å². The number of carbonyl (C=O) groups excluding carboxylic acids is 1. The van der Waals surface area contributed by atoms with Gasteiger partial charge in [-0.05, 0) is 36.4 Å². The highest BCUT2D eigenvalue weighted by Crippen LogP contribution is 2.36. The number of hydrogen-bond acceptors (Lipinski definition) is 8. The Hall–Kier alpha value is -4.40. The molecule has 0 unspecified atom stereocenters. The van der Waals surface area contributed by atoms with Gasteiger partial charge in [0.25, 0.3) is 0 Å². The number of amides is 1. The second-order valence-electron chi connectivity index (χ2n) is 7.09. The standard InChI is InChI=1S/C24H23N5O4/c1-14(30)26-16-6-8-17(9-7-16)27-24-18-11-20(31-2)21(32-3)12-19(18)28-23(29-24)15-5-10-22(33-4)25-13-15/h5-13H,1-4H3,(H,26,30)(H,27,28,29). The molecule has 9 heteroatoms. The summed E-state index contributed by atoms with van der Waals surface area (Å²) >= 11 is 0. The molecule has 0 spiro atoms. The van der Waals surface area contributed by atoms with Gasteiger partial charge in [0, 0.05) is 47.6 Å². The van der Waals surface area contributed by atoms with Gasteiger partial charge in [0.2, 0.25) is 11.8 Å². The third-order valence-electron chi connectivity index (χ3n) is 4.87. The van der Waals surface area contributed by atoms with E-state index in [2.05, 4.69) is 15.6 Å². The molecule has 9 nitrogen and oxygen atoms in total. The normalized spacial score (nSPS) is 10.5. The number of nitrogens with zero attached hydrogens (tertiary/aromatic N) is 3. The van der Waals surface area contributed by atoms with E-state index in [4.69, 9.17) is 24.2 Å². The lowest BCUT2D eigenvalue weighted by Gasteiger charge is -2.14. The van der Waals surface area contributed by atoms with Gasteiger partial charge in [0.1, 0.15) is 5.82 Å². The van der Waals surface area contributed by atoms with Crippen molar-refractivity contribution in [2.75, 3.05) is 32.0 Å². The van der Waals surface area contributed by atoms with Crippen molar-refractivity contribution >= 4 is 34.0 Å². The van der Waals surface area contributed by atoms with Crippen molar-refractivity contribution in [1.29, 1.82) is 0 Å². The lowest BCUT2D eigenvalue weighted by Crippen LogP contribution is -2.05. The molecule has 2 aromatic carbocycles. The topological polar surface area (TPSA) is 107 Å². The van der Waals surface area contributed by atoms with Gasteiger partial charge in [0.15, 0.2) is 17.3 Å². The molecule has 0 aliphatic heterocycles. The minimum absolute atomic E-state index is 0.128. The number of nitrogens with one attached hydrogen (secondary N) is 2. The van der Waals surface area contributed by atoms with Crippen LogP contribution >= 0.6 is 0 Å². The van der Waals surface area contributed by atoms with E-state index in [1.807, 2.05) is 36.4 Å². The van der Waals surface area contributed by atoms with Crippen molar-refractivity contribution in [3.8, 4) is 28.8 Å². The van der Waals surface area contributed by atoms with Crippen LogP contribution in [0.1, 0.15) is 6.92 Å². The summed E-state index contributed by atoms with van der Waals surface area (Å²) in [5.41, 5.74) is 2.90. The summed E-state index contributed by atoms with van der Waals surface area (Å²) in [6, 6.07) is 14.6. The first-order chi connectivity index (χ1) is 16.0. The number of ether oxygens (including phenoxy) is 3. The molecule has 168 valence electrons. The summed E-state index contributed by atoms with van der Waals surface area (Å²) in [5, 5.41) is 6.85. The number of benzene rings is 2. The molecular formula is C24H23N5O4. The van der Waals surface area contributed by atoms with Crippen LogP contribution in [-0.4, -0.2) is 42.2 Å². The molecule has 4 aromatic rings. The molecule has 2 heterocycles. The molecule has 0 fully saturated rings.